The van der Waals surface area contributed by atoms with Gasteiger partial charge in [-0.3, -0.25) is 48.1 Å². The van der Waals surface area contributed by atoms with Gasteiger partial charge in [0.2, 0.25) is 53.2 Å². The number of aromatic amines is 1. The highest BCUT2D eigenvalue weighted by Gasteiger charge is 2.32. The number of nitrogens with two attached hydrogens (primary N) is 4. The number of nitrogens with one attached hydrogen (secondary N) is 14. The van der Waals surface area contributed by atoms with Crippen LogP contribution in [0.15, 0.2) is 127 Å². The monoisotopic (exact) mass is 1920 g/mol. The van der Waals surface area contributed by atoms with Crippen molar-refractivity contribution in [2.75, 3.05) is 118 Å². The molecule has 6 aromatic rings. The number of halogens is 5. The van der Waals surface area contributed by atoms with Gasteiger partial charge in [-0.05, 0) is 145 Å². The van der Waals surface area contributed by atoms with Crippen molar-refractivity contribution in [3.8, 4) is 0 Å². The molecule has 0 aliphatic heterocycles. The van der Waals surface area contributed by atoms with Crippen LogP contribution in [-0.4, -0.2) is 240 Å². The molecule has 13 amide bonds. The summed E-state index contributed by atoms with van der Waals surface area (Å²) in [7, 11) is 0. The van der Waals surface area contributed by atoms with Gasteiger partial charge < -0.3 is 121 Å². The number of aromatic nitrogens is 1. The fraction of sp³-hybridized carbons (Fsp3) is 0.494. The number of benzene rings is 5. The molecular formula is C89H127Cl5N20O17. The topological polar surface area (TPSA) is 542 Å². The van der Waals surface area contributed by atoms with Crippen LogP contribution in [0.25, 0.3) is 10.9 Å². The van der Waals surface area contributed by atoms with Gasteiger partial charge in [-0.15, -0.1) is 12.4 Å². The number of unbranched alkanes of at least 4 members (excludes halogenated alkanes) is 4. The Balaban J connectivity index is 0.0000304. The molecule has 42 heteroatoms. The first-order chi connectivity index (χ1) is 62.9. The minimum Gasteiger partial charge on any atom is -0.445 e. The van der Waals surface area contributed by atoms with Crippen molar-refractivity contribution >= 4 is 147 Å². The molecule has 131 heavy (non-hydrogen) atoms. The highest BCUT2D eigenvalue weighted by atomic mass is 35.5. The van der Waals surface area contributed by atoms with Crippen LogP contribution in [0.1, 0.15) is 131 Å². The summed E-state index contributed by atoms with van der Waals surface area (Å²) in [6.07, 6.45) is 0.713. The zero-order valence-electron chi connectivity index (χ0n) is 73.7. The van der Waals surface area contributed by atoms with E-state index in [0.29, 0.717) is 126 Å². The SMILES string of the molecule is Cl.NCCCC[C@H](NC(=O)OCc1ccccc1Cl)C(=O)NCCNC(=O)CCN(CCC(=O)NCCNC(=O)[C@H](CCCCN)NC(=O)OCc1ccccc1Cl)C[C@@H](C(=O)NCCc1cc2ccccc2[nH]1)N(CCC(=O)NCCNC(=O)[C@H](CCCCN)NC(=O)OCc1ccccc1Cl)CCC(=O)NCCNC(=O)[C@H](CCCCN)NC(=O)OCc1ccccc1Cl. The van der Waals surface area contributed by atoms with Gasteiger partial charge in [0.1, 0.15) is 56.6 Å². The van der Waals surface area contributed by atoms with E-state index in [4.69, 9.17) is 88.3 Å². The largest absolute Gasteiger partial charge is 0.445 e. The number of ether oxygens (including phenoxy) is 4. The van der Waals surface area contributed by atoms with Crippen molar-refractivity contribution in [1.29, 1.82) is 0 Å². The maximum absolute atomic E-state index is 15.4. The maximum Gasteiger partial charge on any atom is 0.408 e. The number of fused-ring (bicyclic) bond motifs is 1. The molecule has 0 aliphatic carbocycles. The lowest BCUT2D eigenvalue weighted by Crippen LogP contribution is -2.55. The maximum atomic E-state index is 15.4. The summed E-state index contributed by atoms with van der Waals surface area (Å²) in [5.41, 5.74) is 26.9. The number of para-hydroxylation sites is 1. The van der Waals surface area contributed by atoms with E-state index in [1.54, 1.807) is 107 Å². The molecule has 1 aromatic heterocycles. The van der Waals surface area contributed by atoms with Gasteiger partial charge in [0.05, 0.1) is 0 Å². The van der Waals surface area contributed by atoms with Crippen molar-refractivity contribution in [3.05, 3.63) is 175 Å². The quantitative estimate of drug-likeness (QED) is 0.0153. The van der Waals surface area contributed by atoms with E-state index in [2.05, 4.69) is 74.1 Å². The summed E-state index contributed by atoms with van der Waals surface area (Å²) in [5.74, 6) is -4.96. The van der Waals surface area contributed by atoms with E-state index in [0.717, 1.165) is 16.6 Å². The molecule has 0 aliphatic rings. The lowest BCUT2D eigenvalue weighted by Gasteiger charge is -2.34. The number of amides is 13. The molecule has 0 spiro atoms. The Morgan fingerprint density at radius 2 is 0.611 bits per heavy atom. The number of alkyl carbamates (subject to hydrolysis) is 4. The third-order valence-corrected chi connectivity index (χ3v) is 22.0. The van der Waals surface area contributed by atoms with Gasteiger partial charge in [0, 0.05) is 177 Å². The minimum atomic E-state index is -1.27. The van der Waals surface area contributed by atoms with Gasteiger partial charge in [0.15, 0.2) is 0 Å². The first kappa shape index (κ1) is 111. The number of H-pyrrole nitrogens is 1. The summed E-state index contributed by atoms with van der Waals surface area (Å²) in [6, 6.07) is 31.3. The highest BCUT2D eigenvalue weighted by Crippen LogP contribution is 2.22. The van der Waals surface area contributed by atoms with Crippen LogP contribution in [-0.2, 0) is 94.9 Å². The van der Waals surface area contributed by atoms with Gasteiger partial charge in [-0.2, -0.15) is 0 Å². The lowest BCUT2D eigenvalue weighted by atomic mass is 10.1. The summed E-state index contributed by atoms with van der Waals surface area (Å²) in [5, 5.41) is 38.2. The zero-order valence-corrected chi connectivity index (χ0v) is 77.5. The van der Waals surface area contributed by atoms with Crippen LogP contribution in [0, 0.1) is 0 Å². The van der Waals surface area contributed by atoms with E-state index in [9.17, 15) is 57.5 Å². The molecule has 0 radical (unpaired) electrons. The number of carbonyl (C=O) groups excluding carboxylic acids is 13. The number of hydrogen-bond donors (Lipinski definition) is 18. The molecule has 0 saturated heterocycles. The second kappa shape index (κ2) is 64.9. The van der Waals surface area contributed by atoms with Gasteiger partial charge in [-0.25, -0.2) is 19.2 Å². The number of hydrogen-bond acceptors (Lipinski definition) is 23. The average Bonchev–Trinajstić information content (AvgIpc) is 1.76. The lowest BCUT2D eigenvalue weighted by molar-refractivity contribution is -0.130. The minimum absolute atomic E-state index is 0. The third kappa shape index (κ3) is 45.2. The molecule has 0 unspecified atom stereocenters. The van der Waals surface area contributed by atoms with E-state index in [-0.39, 0.29) is 182 Å². The van der Waals surface area contributed by atoms with E-state index in [1.165, 1.54) is 0 Å². The van der Waals surface area contributed by atoms with E-state index >= 15 is 4.79 Å². The average molecular weight is 1930 g/mol. The Hall–Kier alpha value is -10.8. The second-order valence-corrected chi connectivity index (χ2v) is 32.1. The first-order valence-electron chi connectivity index (χ1n) is 43.8. The summed E-state index contributed by atoms with van der Waals surface area (Å²) in [4.78, 5) is 186. The van der Waals surface area contributed by atoms with Crippen LogP contribution in [0.4, 0.5) is 19.2 Å². The Bertz CT molecular complexity index is 4280. The molecule has 0 bridgehead atoms. The molecule has 0 saturated carbocycles. The molecule has 0 fully saturated rings. The van der Waals surface area contributed by atoms with Crippen molar-refractivity contribution < 1.29 is 81.3 Å². The van der Waals surface area contributed by atoms with Gasteiger partial charge >= 0.3 is 24.4 Å². The van der Waals surface area contributed by atoms with Crippen molar-refractivity contribution in [2.24, 2.45) is 22.9 Å². The van der Waals surface area contributed by atoms with Crippen LogP contribution in [0.5, 0.6) is 0 Å². The van der Waals surface area contributed by atoms with Gasteiger partial charge in [0.25, 0.3) is 0 Å². The number of nitrogens with zero attached hydrogens (tertiary/aromatic N) is 2. The third-order valence-electron chi connectivity index (χ3n) is 20.5. The van der Waals surface area contributed by atoms with Crippen molar-refractivity contribution in [1.82, 2.24) is 83.9 Å². The zero-order chi connectivity index (χ0) is 94.1. The molecule has 5 atom stereocenters. The smallest absolute Gasteiger partial charge is 0.408 e. The fourth-order valence-electron chi connectivity index (χ4n) is 13.3. The van der Waals surface area contributed by atoms with Crippen LogP contribution < -0.4 is 92.1 Å². The number of carbonyl (C=O) groups is 13. The second-order valence-electron chi connectivity index (χ2n) is 30.4. The molecular weight excluding hydrogens is 1800 g/mol. The molecule has 720 valence electrons. The first-order valence-corrected chi connectivity index (χ1v) is 45.3. The molecule has 6 rings (SSSR count). The standard InChI is InChI=1S/C89H126Cl4N20O17.ClH/c90-67-24-6-1-20-62(67)57-127-86(123)108-72(29-11-15-38-94)81(118)103-47-43-98-77(114)34-51-112(52-35-78(115)99-44-48-104-82(119)73(30-12-16-39-95)109-87(124)128-58-63-21-2-7-25-68(63)91)56-76(85(122)102-42-33-66-55-61-19-5-10-28-71(61)107-66)113(53-36-79(116)100-45-49-105-83(120)74(31-13-17-40-96)110-88(125)129-59-64-22-3-8-26-69(64)92)54-37-80(117)101-46-50-106-84(121)75(32-14-18-41-97)111-89(126)130-60-65-23-4-9-27-70(65)93;/h1-10,19-28,55,72-76,107H,11-18,29-54,56-60,94-97H2,(H,98,114)(H,99,115)(H,100,116)(H,101,117)(H,102,122)(H,103,118)(H,104,119)(H,105,120)(H,106,121)(H,108,123)(H,109,124)(H,110,125)(H,111,126);1H/t72-,73-,74-,75-,76-;/m0./s1. The summed E-state index contributed by atoms with van der Waals surface area (Å²) < 4.78 is 21.6. The molecule has 37 nitrogen and oxygen atoms in total. The number of rotatable bonds is 63. The van der Waals surface area contributed by atoms with Crippen molar-refractivity contribution in [2.45, 2.75) is 166 Å². The van der Waals surface area contributed by atoms with Crippen molar-refractivity contribution in [3.63, 3.8) is 0 Å². The fourth-order valence-corrected chi connectivity index (χ4v) is 14.0. The Morgan fingerprint density at radius 3 is 0.908 bits per heavy atom. The summed E-state index contributed by atoms with van der Waals surface area (Å²) >= 11 is 25.1. The normalized spacial score (nSPS) is 12.1. The van der Waals surface area contributed by atoms with Crippen LogP contribution in [0.3, 0.4) is 0 Å². The molecule has 22 N–H and O–H groups in total. The molecule has 1 heterocycles. The highest BCUT2D eigenvalue weighted by molar-refractivity contribution is 6.32. The molecule has 5 aromatic carbocycles. The van der Waals surface area contributed by atoms with E-state index < -0.39 is 108 Å². The van der Waals surface area contributed by atoms with Gasteiger partial charge in [-0.1, -0.05) is 137 Å². The Kier molecular flexibility index (Phi) is 54.8. The predicted molar refractivity (Wildman–Crippen MR) is 502 cm³/mol. The Morgan fingerprint density at radius 1 is 0.336 bits per heavy atom. The van der Waals surface area contributed by atoms with E-state index in [1.807, 2.05) is 30.3 Å². The Labute approximate surface area is 789 Å². The predicted octanol–water partition coefficient (Wildman–Crippen LogP) is 6.02. The van der Waals surface area contributed by atoms with Crippen LogP contribution in [0.2, 0.25) is 20.1 Å². The van der Waals surface area contributed by atoms with Crippen LogP contribution >= 0.6 is 58.8 Å². The summed E-state index contributed by atoms with van der Waals surface area (Å²) in [6.45, 7) is -0.858.